The fraction of sp³-hybridized carbons (Fsp3) is 0.238. The summed E-state index contributed by atoms with van der Waals surface area (Å²) in [5.41, 5.74) is 1.29. The van der Waals surface area contributed by atoms with E-state index in [1.165, 1.54) is 23.6 Å². The van der Waals surface area contributed by atoms with Crippen LogP contribution < -0.4 is 9.47 Å². The Morgan fingerprint density at radius 2 is 2.00 bits per heavy atom. The van der Waals surface area contributed by atoms with Gasteiger partial charge < -0.3 is 14.4 Å². The van der Waals surface area contributed by atoms with E-state index in [9.17, 15) is 9.18 Å². The van der Waals surface area contributed by atoms with Gasteiger partial charge in [-0.3, -0.25) is 4.79 Å². The molecule has 0 radical (unpaired) electrons. The third kappa shape index (κ3) is 3.57. The number of ether oxygens (including phenoxy) is 2. The lowest BCUT2D eigenvalue weighted by Gasteiger charge is -2.25. The van der Waals surface area contributed by atoms with E-state index in [2.05, 4.69) is 4.98 Å². The van der Waals surface area contributed by atoms with Crippen LogP contribution >= 0.6 is 11.3 Å². The summed E-state index contributed by atoms with van der Waals surface area (Å²) in [6, 6.07) is 12.1. The maximum absolute atomic E-state index is 14.0. The van der Waals surface area contributed by atoms with Crippen LogP contribution in [0.4, 0.5) is 4.39 Å². The molecule has 1 amide bonds. The van der Waals surface area contributed by atoms with Crippen molar-refractivity contribution in [2.24, 2.45) is 0 Å². The Morgan fingerprint density at radius 3 is 2.82 bits per heavy atom. The van der Waals surface area contributed by atoms with Crippen LogP contribution in [0.5, 0.6) is 11.5 Å². The molecular formula is C21H19FN2O3S. The fourth-order valence-corrected chi connectivity index (χ4v) is 3.99. The monoisotopic (exact) mass is 398 g/mol. The minimum atomic E-state index is -0.351. The first-order valence-corrected chi connectivity index (χ1v) is 9.86. The number of rotatable bonds is 5. The maximum atomic E-state index is 14.0. The molecule has 0 bridgehead atoms. The van der Waals surface area contributed by atoms with Gasteiger partial charge in [0.15, 0.2) is 11.5 Å². The van der Waals surface area contributed by atoms with Gasteiger partial charge in [0.2, 0.25) is 0 Å². The predicted octanol–water partition coefficient (Wildman–Crippen LogP) is 4.38. The van der Waals surface area contributed by atoms with Gasteiger partial charge in [-0.2, -0.15) is 0 Å². The Hall–Kier alpha value is -2.93. The number of carbonyl (C=O) groups excluding carboxylic acids is 1. The molecule has 2 aromatic carbocycles. The number of fused-ring (bicyclic) bond motifs is 1. The highest BCUT2D eigenvalue weighted by Crippen LogP contribution is 2.35. The highest BCUT2D eigenvalue weighted by Gasteiger charge is 2.22. The number of aromatic nitrogens is 1. The second-order valence-corrected chi connectivity index (χ2v) is 7.30. The van der Waals surface area contributed by atoms with Gasteiger partial charge in [0.05, 0.1) is 6.20 Å². The van der Waals surface area contributed by atoms with Crippen LogP contribution in [0.2, 0.25) is 0 Å². The lowest BCUT2D eigenvalue weighted by molar-refractivity contribution is 0.0753. The zero-order valence-corrected chi connectivity index (χ0v) is 16.2. The molecule has 0 saturated heterocycles. The van der Waals surface area contributed by atoms with Gasteiger partial charge >= 0.3 is 0 Å². The van der Waals surface area contributed by atoms with E-state index < -0.39 is 0 Å². The first-order valence-electron chi connectivity index (χ1n) is 9.05. The number of para-hydroxylation sites is 1. The summed E-state index contributed by atoms with van der Waals surface area (Å²) in [7, 11) is 0. The Bertz CT molecular complexity index is 1000. The largest absolute Gasteiger partial charge is 0.486 e. The van der Waals surface area contributed by atoms with Gasteiger partial charge in [0, 0.05) is 24.2 Å². The minimum Gasteiger partial charge on any atom is -0.486 e. The molecule has 0 fully saturated rings. The molecule has 0 spiro atoms. The summed E-state index contributed by atoms with van der Waals surface area (Å²) >= 11 is 1.19. The number of amides is 1. The van der Waals surface area contributed by atoms with E-state index >= 15 is 0 Å². The topological polar surface area (TPSA) is 51.7 Å². The first-order chi connectivity index (χ1) is 13.7. The lowest BCUT2D eigenvalue weighted by atomic mass is 10.1. The highest BCUT2D eigenvalue weighted by molar-refractivity contribution is 7.16. The van der Waals surface area contributed by atoms with Gasteiger partial charge in [0.25, 0.3) is 5.91 Å². The Labute approximate surface area is 166 Å². The van der Waals surface area contributed by atoms with E-state index in [4.69, 9.17) is 9.47 Å². The van der Waals surface area contributed by atoms with Gasteiger partial charge in [-0.1, -0.05) is 24.3 Å². The zero-order valence-electron chi connectivity index (χ0n) is 15.4. The molecule has 28 heavy (non-hydrogen) atoms. The smallest absolute Gasteiger partial charge is 0.265 e. The van der Waals surface area contributed by atoms with Crippen molar-refractivity contribution in [2.45, 2.75) is 13.5 Å². The van der Waals surface area contributed by atoms with E-state index in [0.717, 1.165) is 5.56 Å². The van der Waals surface area contributed by atoms with Crippen molar-refractivity contribution in [2.75, 3.05) is 19.8 Å². The van der Waals surface area contributed by atoms with Crippen molar-refractivity contribution >= 4 is 17.2 Å². The Kier molecular flexibility index (Phi) is 5.25. The molecule has 7 heteroatoms. The molecular weight excluding hydrogens is 379 g/mol. The van der Waals surface area contributed by atoms with Crippen molar-refractivity contribution in [3.63, 3.8) is 0 Å². The summed E-state index contributed by atoms with van der Waals surface area (Å²) in [5, 5.41) is 0.492. The van der Waals surface area contributed by atoms with E-state index in [1.54, 1.807) is 23.1 Å². The van der Waals surface area contributed by atoms with Gasteiger partial charge in [-0.05, 0) is 25.1 Å². The standard InChI is InChI=1S/C21H19FN2O3S/c1-2-24(13-14-6-5-9-17-19(14)27-11-10-26-17)21(25)18-12-23-20(28-18)15-7-3-4-8-16(15)22/h3-9,12H,2,10-11,13H2,1H3. The first kappa shape index (κ1) is 18.4. The molecule has 0 atom stereocenters. The molecule has 4 rings (SSSR count). The molecule has 2 heterocycles. The summed E-state index contributed by atoms with van der Waals surface area (Å²) in [6.07, 6.45) is 1.51. The number of hydrogen-bond acceptors (Lipinski definition) is 5. The lowest BCUT2D eigenvalue weighted by Crippen LogP contribution is -2.30. The third-order valence-corrected chi connectivity index (χ3v) is 5.52. The number of hydrogen-bond donors (Lipinski definition) is 0. The number of thiazole rings is 1. The van der Waals surface area contributed by atoms with Crippen molar-refractivity contribution in [3.05, 3.63) is 64.9 Å². The molecule has 0 saturated carbocycles. The van der Waals surface area contributed by atoms with Gasteiger partial charge in [-0.25, -0.2) is 9.37 Å². The minimum absolute atomic E-state index is 0.142. The molecule has 0 aliphatic carbocycles. The Morgan fingerprint density at radius 1 is 1.18 bits per heavy atom. The molecule has 1 aliphatic rings. The maximum Gasteiger partial charge on any atom is 0.265 e. The van der Waals surface area contributed by atoms with Crippen LogP contribution in [-0.2, 0) is 6.54 Å². The summed E-state index contributed by atoms with van der Waals surface area (Å²) in [4.78, 5) is 19.4. The van der Waals surface area contributed by atoms with Gasteiger partial charge in [-0.15, -0.1) is 11.3 Å². The van der Waals surface area contributed by atoms with Crippen molar-refractivity contribution in [1.29, 1.82) is 0 Å². The van der Waals surface area contributed by atoms with E-state index in [1.807, 2.05) is 25.1 Å². The van der Waals surface area contributed by atoms with Crippen molar-refractivity contribution in [1.82, 2.24) is 9.88 Å². The van der Waals surface area contributed by atoms with Crippen molar-refractivity contribution in [3.8, 4) is 22.1 Å². The normalized spacial score (nSPS) is 12.6. The predicted molar refractivity (Wildman–Crippen MR) is 105 cm³/mol. The Balaban J connectivity index is 1.56. The van der Waals surface area contributed by atoms with Crippen LogP contribution in [0.1, 0.15) is 22.2 Å². The summed E-state index contributed by atoms with van der Waals surface area (Å²) in [6.45, 7) is 3.85. The summed E-state index contributed by atoms with van der Waals surface area (Å²) < 4.78 is 25.4. The number of nitrogens with zero attached hydrogens (tertiary/aromatic N) is 2. The molecule has 1 aliphatic heterocycles. The fourth-order valence-electron chi connectivity index (χ4n) is 3.08. The number of carbonyl (C=O) groups is 1. The van der Waals surface area contributed by atoms with Crippen LogP contribution in [0.15, 0.2) is 48.7 Å². The average molecular weight is 398 g/mol. The molecule has 0 N–H and O–H groups in total. The van der Waals surface area contributed by atoms with Crippen LogP contribution in [0, 0.1) is 5.82 Å². The average Bonchev–Trinajstić information content (AvgIpc) is 3.22. The number of benzene rings is 2. The van der Waals surface area contributed by atoms with Gasteiger partial charge in [0.1, 0.15) is 28.9 Å². The second kappa shape index (κ2) is 7.98. The third-order valence-electron chi connectivity index (χ3n) is 4.50. The number of halogens is 1. The van der Waals surface area contributed by atoms with E-state index in [-0.39, 0.29) is 11.7 Å². The molecule has 3 aromatic rings. The van der Waals surface area contributed by atoms with E-state index in [0.29, 0.717) is 53.3 Å². The van der Waals surface area contributed by atoms with Crippen LogP contribution in [0.25, 0.3) is 10.6 Å². The molecule has 144 valence electrons. The van der Waals surface area contributed by atoms with Crippen LogP contribution in [0.3, 0.4) is 0 Å². The highest BCUT2D eigenvalue weighted by atomic mass is 32.1. The molecule has 0 unspecified atom stereocenters. The van der Waals surface area contributed by atoms with Crippen LogP contribution in [-0.4, -0.2) is 35.5 Å². The second-order valence-electron chi connectivity index (χ2n) is 6.27. The molecule has 1 aromatic heterocycles. The summed E-state index contributed by atoms with van der Waals surface area (Å²) in [5.74, 6) is 0.899. The SMILES string of the molecule is CCN(Cc1cccc2c1OCCO2)C(=O)c1cnc(-c2ccccc2F)s1. The van der Waals surface area contributed by atoms with Crippen molar-refractivity contribution < 1.29 is 18.7 Å². The molecule has 5 nitrogen and oxygen atoms in total. The zero-order chi connectivity index (χ0) is 19.5. The quantitative estimate of drug-likeness (QED) is 0.640.